The van der Waals surface area contributed by atoms with Gasteiger partial charge in [-0.05, 0) is 56.3 Å². The third-order valence-electron chi connectivity index (χ3n) is 4.72. The number of aryl methyl sites for hydroxylation is 1. The topological polar surface area (TPSA) is 38.3 Å². The van der Waals surface area contributed by atoms with Crippen molar-refractivity contribution in [2.24, 2.45) is 0 Å². The van der Waals surface area contributed by atoms with E-state index in [4.69, 9.17) is 4.74 Å². The summed E-state index contributed by atoms with van der Waals surface area (Å²) >= 11 is 0. The fraction of sp³-hybridized carbons (Fsp3) is 0.667. The Hall–Kier alpha value is -1.35. The van der Waals surface area contributed by atoms with Crippen LogP contribution in [0.5, 0.6) is 5.75 Å². The van der Waals surface area contributed by atoms with E-state index in [1.807, 2.05) is 0 Å². The van der Waals surface area contributed by atoms with E-state index >= 15 is 0 Å². The molecule has 0 spiro atoms. The number of nitrogens with one attached hydrogen (secondary N) is 1. The highest BCUT2D eigenvalue weighted by Gasteiger charge is 2.14. The highest BCUT2D eigenvalue weighted by atomic mass is 16.5. The van der Waals surface area contributed by atoms with Crippen molar-refractivity contribution in [2.45, 2.75) is 78.7 Å². The molecular weight excluding hydrogens is 298 g/mol. The number of rotatable bonds is 12. The van der Waals surface area contributed by atoms with E-state index in [1.165, 1.54) is 23.1 Å². The lowest BCUT2D eigenvalue weighted by Gasteiger charge is -2.20. The standard InChI is InChI=1S/C21H35NO2/c1-6-8-9-11-19(23)12-10-15-22-17(4)20-14-13-18(7-2)21(24-5)16(20)3/h13-14,17,22H,6-12,15H2,1-5H3. The van der Waals surface area contributed by atoms with Gasteiger partial charge in [0.15, 0.2) is 0 Å². The van der Waals surface area contributed by atoms with Gasteiger partial charge in [-0.1, -0.05) is 38.8 Å². The van der Waals surface area contributed by atoms with E-state index in [0.29, 0.717) is 12.2 Å². The summed E-state index contributed by atoms with van der Waals surface area (Å²) in [5.41, 5.74) is 3.74. The van der Waals surface area contributed by atoms with Crippen molar-refractivity contribution in [3.8, 4) is 5.75 Å². The van der Waals surface area contributed by atoms with Crippen molar-refractivity contribution < 1.29 is 9.53 Å². The zero-order valence-electron chi connectivity index (χ0n) is 16.2. The Morgan fingerprint density at radius 3 is 2.50 bits per heavy atom. The van der Waals surface area contributed by atoms with Crippen molar-refractivity contribution in [3.63, 3.8) is 0 Å². The Balaban J connectivity index is 2.46. The van der Waals surface area contributed by atoms with Gasteiger partial charge in [0.1, 0.15) is 11.5 Å². The fourth-order valence-corrected chi connectivity index (χ4v) is 3.21. The SMILES string of the molecule is CCCCCC(=O)CCCNC(C)c1ccc(CC)c(OC)c1C. The Morgan fingerprint density at radius 2 is 1.88 bits per heavy atom. The van der Waals surface area contributed by atoms with E-state index < -0.39 is 0 Å². The Bertz CT molecular complexity index is 511. The molecule has 0 aliphatic carbocycles. The van der Waals surface area contributed by atoms with E-state index in [1.54, 1.807) is 7.11 Å². The van der Waals surface area contributed by atoms with Gasteiger partial charge in [0, 0.05) is 18.9 Å². The van der Waals surface area contributed by atoms with Crippen LogP contribution < -0.4 is 10.1 Å². The highest BCUT2D eigenvalue weighted by Crippen LogP contribution is 2.30. The summed E-state index contributed by atoms with van der Waals surface area (Å²) in [6.07, 6.45) is 6.72. The third-order valence-corrected chi connectivity index (χ3v) is 4.72. The first-order chi connectivity index (χ1) is 11.5. The maximum Gasteiger partial charge on any atom is 0.132 e. The van der Waals surface area contributed by atoms with Crippen molar-refractivity contribution in [2.75, 3.05) is 13.7 Å². The molecule has 1 aromatic carbocycles. The minimum Gasteiger partial charge on any atom is -0.496 e. The summed E-state index contributed by atoms with van der Waals surface area (Å²) in [5, 5.41) is 3.54. The van der Waals surface area contributed by atoms with Gasteiger partial charge in [0.2, 0.25) is 0 Å². The van der Waals surface area contributed by atoms with Crippen LogP contribution in [-0.2, 0) is 11.2 Å². The summed E-state index contributed by atoms with van der Waals surface area (Å²) in [6.45, 7) is 9.49. The van der Waals surface area contributed by atoms with Gasteiger partial charge in [-0.15, -0.1) is 0 Å². The maximum atomic E-state index is 11.8. The first kappa shape index (κ1) is 20.7. The lowest BCUT2D eigenvalue weighted by Crippen LogP contribution is -2.21. The van der Waals surface area contributed by atoms with Crippen molar-refractivity contribution in [3.05, 3.63) is 28.8 Å². The van der Waals surface area contributed by atoms with Crippen LogP contribution in [0.4, 0.5) is 0 Å². The van der Waals surface area contributed by atoms with E-state index in [9.17, 15) is 4.79 Å². The molecule has 1 N–H and O–H groups in total. The van der Waals surface area contributed by atoms with Crippen LogP contribution in [0, 0.1) is 6.92 Å². The number of benzene rings is 1. The van der Waals surface area contributed by atoms with Crippen LogP contribution >= 0.6 is 0 Å². The summed E-state index contributed by atoms with van der Waals surface area (Å²) in [5.74, 6) is 1.41. The number of ether oxygens (including phenoxy) is 1. The van der Waals surface area contributed by atoms with Crippen LogP contribution in [0.25, 0.3) is 0 Å². The number of carbonyl (C=O) groups is 1. The number of ketones is 1. The molecule has 1 atom stereocenters. The van der Waals surface area contributed by atoms with E-state index in [2.05, 4.69) is 45.1 Å². The minimum atomic E-state index is 0.264. The average molecular weight is 334 g/mol. The summed E-state index contributed by atoms with van der Waals surface area (Å²) in [4.78, 5) is 11.8. The van der Waals surface area contributed by atoms with Crippen LogP contribution in [0.15, 0.2) is 12.1 Å². The van der Waals surface area contributed by atoms with Gasteiger partial charge in [-0.3, -0.25) is 4.79 Å². The molecule has 1 aromatic rings. The lowest BCUT2D eigenvalue weighted by atomic mass is 9.97. The molecule has 0 aliphatic rings. The molecule has 0 amide bonds. The van der Waals surface area contributed by atoms with Gasteiger partial charge in [-0.25, -0.2) is 0 Å². The number of methoxy groups -OCH3 is 1. The molecule has 3 nitrogen and oxygen atoms in total. The van der Waals surface area contributed by atoms with Crippen LogP contribution in [0.1, 0.15) is 82.0 Å². The third kappa shape index (κ3) is 6.27. The highest BCUT2D eigenvalue weighted by molar-refractivity contribution is 5.78. The molecule has 0 bridgehead atoms. The molecule has 1 unspecified atom stereocenters. The largest absolute Gasteiger partial charge is 0.496 e. The molecule has 136 valence electrons. The number of hydrogen-bond acceptors (Lipinski definition) is 3. The van der Waals surface area contributed by atoms with Gasteiger partial charge in [0.05, 0.1) is 7.11 Å². The number of unbranched alkanes of at least 4 members (excludes halogenated alkanes) is 2. The average Bonchev–Trinajstić information content (AvgIpc) is 2.58. The van der Waals surface area contributed by atoms with Gasteiger partial charge in [-0.2, -0.15) is 0 Å². The molecule has 0 aliphatic heterocycles. The van der Waals surface area contributed by atoms with Crippen LogP contribution in [-0.4, -0.2) is 19.4 Å². The zero-order chi connectivity index (χ0) is 17.9. The first-order valence-electron chi connectivity index (χ1n) is 9.46. The molecule has 1 rings (SSSR count). The molecule has 0 heterocycles. The monoisotopic (exact) mass is 333 g/mol. The normalized spacial score (nSPS) is 12.2. The Morgan fingerprint density at radius 1 is 1.17 bits per heavy atom. The lowest BCUT2D eigenvalue weighted by molar-refractivity contribution is -0.119. The second kappa shape index (κ2) is 11.2. The molecule has 3 heteroatoms. The van der Waals surface area contributed by atoms with Gasteiger partial charge in [0.25, 0.3) is 0 Å². The molecule has 0 aromatic heterocycles. The quantitative estimate of drug-likeness (QED) is 0.538. The number of Topliss-reactive ketones (excluding diaryl/α,β-unsaturated/α-hetero) is 1. The fourth-order valence-electron chi connectivity index (χ4n) is 3.21. The van der Waals surface area contributed by atoms with Crippen LogP contribution in [0.3, 0.4) is 0 Å². The molecular formula is C21H35NO2. The van der Waals surface area contributed by atoms with Crippen molar-refractivity contribution in [1.29, 1.82) is 0 Å². The summed E-state index contributed by atoms with van der Waals surface area (Å²) < 4.78 is 5.59. The predicted molar refractivity (Wildman–Crippen MR) is 102 cm³/mol. The predicted octanol–water partition coefficient (Wildman–Crippen LogP) is 5.15. The summed E-state index contributed by atoms with van der Waals surface area (Å²) in [6, 6.07) is 4.63. The van der Waals surface area contributed by atoms with E-state index in [0.717, 1.165) is 44.4 Å². The Kier molecular flexibility index (Phi) is 9.70. The number of hydrogen-bond donors (Lipinski definition) is 1. The van der Waals surface area contributed by atoms with Gasteiger partial charge >= 0.3 is 0 Å². The maximum absolute atomic E-state index is 11.8. The second-order valence-corrected chi connectivity index (χ2v) is 6.60. The van der Waals surface area contributed by atoms with E-state index in [-0.39, 0.29) is 6.04 Å². The van der Waals surface area contributed by atoms with Crippen molar-refractivity contribution >= 4 is 5.78 Å². The zero-order valence-corrected chi connectivity index (χ0v) is 16.2. The minimum absolute atomic E-state index is 0.264. The van der Waals surface area contributed by atoms with Gasteiger partial charge < -0.3 is 10.1 Å². The second-order valence-electron chi connectivity index (χ2n) is 6.60. The molecule has 24 heavy (non-hydrogen) atoms. The molecule has 0 radical (unpaired) electrons. The number of carbonyl (C=O) groups excluding carboxylic acids is 1. The van der Waals surface area contributed by atoms with Crippen molar-refractivity contribution in [1.82, 2.24) is 5.32 Å². The van der Waals surface area contributed by atoms with Crippen LogP contribution in [0.2, 0.25) is 0 Å². The first-order valence-corrected chi connectivity index (χ1v) is 9.46. The molecule has 0 saturated heterocycles. The summed E-state index contributed by atoms with van der Waals surface area (Å²) in [7, 11) is 1.74. The molecule has 0 saturated carbocycles. The molecule has 0 fully saturated rings. The smallest absolute Gasteiger partial charge is 0.132 e. The Labute approximate surface area is 148 Å².